The molecule has 2 heterocycles. The van der Waals surface area contributed by atoms with Gasteiger partial charge in [-0.3, -0.25) is 14.9 Å². The summed E-state index contributed by atoms with van der Waals surface area (Å²) in [5, 5.41) is 10.3. The normalized spacial score (nSPS) is 10.6. The summed E-state index contributed by atoms with van der Waals surface area (Å²) in [6.07, 6.45) is 1.62. The van der Waals surface area contributed by atoms with E-state index in [2.05, 4.69) is 25.9 Å². The predicted molar refractivity (Wildman–Crippen MR) is 112 cm³/mol. The van der Waals surface area contributed by atoms with Gasteiger partial charge in [-0.05, 0) is 32.0 Å². The number of rotatable bonds is 6. The lowest BCUT2D eigenvalue weighted by Crippen LogP contribution is -2.34. The smallest absolute Gasteiger partial charge is 0.319 e. The Morgan fingerprint density at radius 3 is 2.62 bits per heavy atom. The molecular formula is C19H20N6O3S. The van der Waals surface area contributed by atoms with Crippen LogP contribution in [-0.4, -0.2) is 33.9 Å². The summed E-state index contributed by atoms with van der Waals surface area (Å²) in [4.78, 5) is 43.0. The molecule has 0 aliphatic rings. The Bertz CT molecular complexity index is 1060. The van der Waals surface area contributed by atoms with Gasteiger partial charge in [0, 0.05) is 23.2 Å². The number of hydrogen-bond donors (Lipinski definition) is 5. The number of carbonyl (C=O) groups is 3. The van der Waals surface area contributed by atoms with Gasteiger partial charge in [-0.15, -0.1) is 11.3 Å². The van der Waals surface area contributed by atoms with Gasteiger partial charge in [0.2, 0.25) is 0 Å². The van der Waals surface area contributed by atoms with Crippen LogP contribution in [0, 0.1) is 0 Å². The van der Waals surface area contributed by atoms with E-state index in [1.807, 2.05) is 13.8 Å². The van der Waals surface area contributed by atoms with E-state index in [1.54, 1.807) is 41.9 Å². The van der Waals surface area contributed by atoms with Crippen LogP contribution in [0.15, 0.2) is 41.9 Å². The molecule has 0 fully saturated rings. The summed E-state index contributed by atoms with van der Waals surface area (Å²) >= 11 is 1.24. The summed E-state index contributed by atoms with van der Waals surface area (Å²) in [6.45, 7) is 3.68. The molecule has 6 N–H and O–H groups in total. The van der Waals surface area contributed by atoms with Crippen molar-refractivity contribution in [3.8, 4) is 11.3 Å². The number of aromatic amines is 1. The lowest BCUT2D eigenvalue weighted by Gasteiger charge is -2.13. The molecule has 29 heavy (non-hydrogen) atoms. The topological polar surface area (TPSA) is 142 Å². The van der Waals surface area contributed by atoms with Crippen molar-refractivity contribution in [2.45, 2.75) is 19.9 Å². The molecule has 0 saturated carbocycles. The molecule has 4 amide bonds. The third-order valence-corrected chi connectivity index (χ3v) is 4.57. The molecular weight excluding hydrogens is 392 g/mol. The predicted octanol–water partition coefficient (Wildman–Crippen LogP) is 3.02. The Balaban J connectivity index is 1.73. The van der Waals surface area contributed by atoms with E-state index < -0.39 is 17.8 Å². The maximum atomic E-state index is 12.7. The molecule has 0 aliphatic carbocycles. The fourth-order valence-electron chi connectivity index (χ4n) is 2.52. The second-order valence-electron chi connectivity index (χ2n) is 6.46. The van der Waals surface area contributed by atoms with Crippen LogP contribution >= 0.6 is 11.3 Å². The zero-order chi connectivity index (χ0) is 21.0. The van der Waals surface area contributed by atoms with Crippen molar-refractivity contribution in [1.82, 2.24) is 15.3 Å². The van der Waals surface area contributed by atoms with Gasteiger partial charge in [0.05, 0.1) is 16.9 Å². The van der Waals surface area contributed by atoms with Crippen LogP contribution in [0.3, 0.4) is 0 Å². The van der Waals surface area contributed by atoms with Gasteiger partial charge >= 0.3 is 6.03 Å². The molecule has 3 aromatic rings. The molecule has 150 valence electrons. The molecule has 0 aliphatic heterocycles. The van der Waals surface area contributed by atoms with E-state index in [0.717, 1.165) is 0 Å². The van der Waals surface area contributed by atoms with E-state index in [9.17, 15) is 14.4 Å². The number of para-hydroxylation sites is 1. The van der Waals surface area contributed by atoms with Crippen molar-refractivity contribution in [2.24, 2.45) is 5.73 Å². The Morgan fingerprint density at radius 1 is 1.17 bits per heavy atom. The minimum atomic E-state index is -0.564. The minimum Gasteiger partial charge on any atom is -0.364 e. The number of benzene rings is 1. The van der Waals surface area contributed by atoms with Crippen LogP contribution in [0.1, 0.15) is 34.7 Å². The summed E-state index contributed by atoms with van der Waals surface area (Å²) in [7, 11) is 0. The van der Waals surface area contributed by atoms with Gasteiger partial charge in [-0.25, -0.2) is 9.78 Å². The summed E-state index contributed by atoms with van der Waals surface area (Å²) in [6, 6.07) is 7.86. The van der Waals surface area contributed by atoms with Gasteiger partial charge < -0.3 is 21.4 Å². The number of thiazole rings is 1. The van der Waals surface area contributed by atoms with Gasteiger partial charge in [0.15, 0.2) is 5.13 Å². The van der Waals surface area contributed by atoms with Crippen LogP contribution in [0.2, 0.25) is 0 Å². The lowest BCUT2D eigenvalue weighted by molar-refractivity contribution is 0.0994. The zero-order valence-corrected chi connectivity index (χ0v) is 16.6. The number of anilines is 2. The Morgan fingerprint density at radius 2 is 1.93 bits per heavy atom. The highest BCUT2D eigenvalue weighted by Crippen LogP contribution is 2.26. The maximum Gasteiger partial charge on any atom is 0.319 e. The zero-order valence-electron chi connectivity index (χ0n) is 15.8. The van der Waals surface area contributed by atoms with E-state index in [1.165, 1.54) is 11.3 Å². The van der Waals surface area contributed by atoms with Crippen molar-refractivity contribution >= 4 is 40.0 Å². The first kappa shape index (κ1) is 20.1. The van der Waals surface area contributed by atoms with E-state index in [-0.39, 0.29) is 11.7 Å². The molecule has 0 atom stereocenters. The average Bonchev–Trinajstić information content (AvgIpc) is 3.30. The van der Waals surface area contributed by atoms with Crippen molar-refractivity contribution in [3.63, 3.8) is 0 Å². The van der Waals surface area contributed by atoms with E-state index >= 15 is 0 Å². The lowest BCUT2D eigenvalue weighted by atomic mass is 10.1. The molecule has 10 heteroatoms. The number of primary amides is 1. The van der Waals surface area contributed by atoms with Crippen LogP contribution in [0.5, 0.6) is 0 Å². The summed E-state index contributed by atoms with van der Waals surface area (Å²) in [5.41, 5.74) is 7.48. The molecule has 3 rings (SSSR count). The van der Waals surface area contributed by atoms with Crippen molar-refractivity contribution in [1.29, 1.82) is 0 Å². The Kier molecular flexibility index (Phi) is 5.93. The Hall–Kier alpha value is -3.66. The van der Waals surface area contributed by atoms with Crippen LogP contribution in [0.4, 0.5) is 15.6 Å². The SMILES string of the molecule is CC(C)NC(=O)Nc1ccccc1C(=O)Nc1nc(-c2c[nH]c(C(N)=O)c2)cs1. The molecule has 0 unspecified atom stereocenters. The molecule has 1 aromatic carbocycles. The van der Waals surface area contributed by atoms with Gasteiger partial charge in [0.25, 0.3) is 11.8 Å². The van der Waals surface area contributed by atoms with E-state index in [0.29, 0.717) is 27.6 Å². The number of urea groups is 1. The molecule has 0 spiro atoms. The third-order valence-electron chi connectivity index (χ3n) is 3.81. The standard InChI is InChI=1S/C19H20N6O3S/c1-10(2)22-18(28)23-13-6-4-3-5-12(13)17(27)25-19-24-15(9-29-19)11-7-14(16(20)26)21-8-11/h3-10,21H,1-2H3,(H2,20,26)(H2,22,23,28)(H,24,25,27). The van der Waals surface area contributed by atoms with E-state index in [4.69, 9.17) is 5.73 Å². The highest BCUT2D eigenvalue weighted by molar-refractivity contribution is 7.14. The number of carbonyl (C=O) groups excluding carboxylic acids is 3. The molecule has 0 radical (unpaired) electrons. The summed E-state index contributed by atoms with van der Waals surface area (Å²) < 4.78 is 0. The first-order valence-electron chi connectivity index (χ1n) is 8.75. The van der Waals surface area contributed by atoms with Gasteiger partial charge in [0.1, 0.15) is 5.69 Å². The largest absolute Gasteiger partial charge is 0.364 e. The number of amides is 4. The van der Waals surface area contributed by atoms with Gasteiger partial charge in [-0.1, -0.05) is 12.1 Å². The molecule has 0 saturated heterocycles. The molecule has 9 nitrogen and oxygen atoms in total. The van der Waals surface area contributed by atoms with Gasteiger partial charge in [-0.2, -0.15) is 0 Å². The highest BCUT2D eigenvalue weighted by Gasteiger charge is 2.16. The van der Waals surface area contributed by atoms with Crippen molar-refractivity contribution in [2.75, 3.05) is 10.6 Å². The molecule has 0 bridgehead atoms. The minimum absolute atomic E-state index is 0.0340. The first-order chi connectivity index (χ1) is 13.8. The van der Waals surface area contributed by atoms with Crippen LogP contribution in [-0.2, 0) is 0 Å². The Labute approximate surface area is 170 Å². The third kappa shape index (κ3) is 4.99. The maximum absolute atomic E-state index is 12.7. The monoisotopic (exact) mass is 412 g/mol. The quantitative estimate of drug-likeness (QED) is 0.424. The molecule has 2 aromatic heterocycles. The fourth-order valence-corrected chi connectivity index (χ4v) is 3.24. The number of nitrogens with one attached hydrogen (secondary N) is 4. The summed E-state index contributed by atoms with van der Waals surface area (Å²) in [5.74, 6) is -0.969. The fraction of sp³-hybridized carbons (Fsp3) is 0.158. The van der Waals surface area contributed by atoms with Crippen LogP contribution < -0.4 is 21.7 Å². The first-order valence-corrected chi connectivity index (χ1v) is 9.63. The number of nitrogens with two attached hydrogens (primary N) is 1. The number of nitrogens with zero attached hydrogens (tertiary/aromatic N) is 1. The number of hydrogen-bond acceptors (Lipinski definition) is 5. The average molecular weight is 412 g/mol. The second kappa shape index (κ2) is 8.57. The second-order valence-corrected chi connectivity index (χ2v) is 7.32. The number of H-pyrrole nitrogens is 1. The van der Waals surface area contributed by atoms with Crippen LogP contribution in [0.25, 0.3) is 11.3 Å². The van der Waals surface area contributed by atoms with Crippen molar-refractivity contribution in [3.05, 3.63) is 53.2 Å². The van der Waals surface area contributed by atoms with Crippen molar-refractivity contribution < 1.29 is 14.4 Å². The number of aromatic nitrogens is 2. The highest BCUT2D eigenvalue weighted by atomic mass is 32.1.